The Morgan fingerprint density at radius 2 is 1.72 bits per heavy atom. The molecule has 0 radical (unpaired) electrons. The Labute approximate surface area is 244 Å². The topological polar surface area (TPSA) is 138 Å². The number of nitrogens with one attached hydrogen (secondary N) is 1. The number of carbonyl (C=O) groups is 1. The van der Waals surface area contributed by atoms with Gasteiger partial charge in [0.2, 0.25) is 0 Å². The number of para-hydroxylation sites is 1. The third kappa shape index (κ3) is 4.43. The zero-order valence-electron chi connectivity index (χ0n) is 22.8. The SMILES string of the molecule is CC(NC(=O)c1c(N)nn2cccnc12)c1nc2cccc(C#Cc3cnn4ccccc34)c2c(=O)n1-c1ccccc1. The van der Waals surface area contributed by atoms with Gasteiger partial charge in [-0.25, -0.2) is 19.0 Å². The molecule has 1 unspecified atom stereocenters. The van der Waals surface area contributed by atoms with Crippen molar-refractivity contribution < 1.29 is 4.79 Å². The number of nitrogen functional groups attached to an aromatic ring is 1. The summed E-state index contributed by atoms with van der Waals surface area (Å²) in [4.78, 5) is 36.9. The van der Waals surface area contributed by atoms with E-state index in [1.165, 1.54) is 9.08 Å². The minimum absolute atomic E-state index is 0.0461. The Morgan fingerprint density at radius 1 is 0.930 bits per heavy atom. The van der Waals surface area contributed by atoms with Gasteiger partial charge in [0.1, 0.15) is 11.4 Å². The van der Waals surface area contributed by atoms with Crippen molar-refractivity contribution in [2.75, 3.05) is 5.73 Å². The molecule has 2 aromatic carbocycles. The van der Waals surface area contributed by atoms with Crippen molar-refractivity contribution >= 4 is 33.8 Å². The first-order valence-corrected chi connectivity index (χ1v) is 13.4. The molecule has 3 N–H and O–H groups in total. The van der Waals surface area contributed by atoms with Crippen LogP contribution < -0.4 is 16.6 Å². The molecule has 0 bridgehead atoms. The summed E-state index contributed by atoms with van der Waals surface area (Å²) >= 11 is 0. The van der Waals surface area contributed by atoms with Crippen molar-refractivity contribution in [3.8, 4) is 17.5 Å². The van der Waals surface area contributed by atoms with Gasteiger partial charge in [0, 0.05) is 24.2 Å². The van der Waals surface area contributed by atoms with Crippen LogP contribution in [-0.2, 0) is 0 Å². The Bertz CT molecular complexity index is 2310. The molecule has 11 heteroatoms. The number of hydrogen-bond acceptors (Lipinski definition) is 7. The van der Waals surface area contributed by atoms with Crippen LogP contribution in [0.1, 0.15) is 40.3 Å². The monoisotopic (exact) mass is 565 g/mol. The molecule has 1 atom stereocenters. The normalized spacial score (nSPS) is 11.8. The van der Waals surface area contributed by atoms with Gasteiger partial charge in [0.25, 0.3) is 11.5 Å². The predicted molar refractivity (Wildman–Crippen MR) is 162 cm³/mol. The second-order valence-corrected chi connectivity index (χ2v) is 9.83. The summed E-state index contributed by atoms with van der Waals surface area (Å²) in [5.41, 5.74) is 9.43. The molecule has 11 nitrogen and oxygen atoms in total. The van der Waals surface area contributed by atoms with E-state index >= 15 is 0 Å². The number of amides is 1. The van der Waals surface area contributed by atoms with Crippen LogP contribution in [0.4, 0.5) is 5.82 Å². The maximum Gasteiger partial charge on any atom is 0.267 e. The first-order valence-electron chi connectivity index (χ1n) is 13.4. The van der Waals surface area contributed by atoms with Crippen LogP contribution in [0.3, 0.4) is 0 Å². The van der Waals surface area contributed by atoms with E-state index in [1.807, 2.05) is 54.7 Å². The smallest absolute Gasteiger partial charge is 0.267 e. The second-order valence-electron chi connectivity index (χ2n) is 9.83. The number of rotatable bonds is 4. The summed E-state index contributed by atoms with van der Waals surface area (Å²) < 4.78 is 4.69. The first kappa shape index (κ1) is 25.7. The highest BCUT2D eigenvalue weighted by atomic mass is 16.2. The van der Waals surface area contributed by atoms with Crippen molar-refractivity contribution in [3.05, 3.63) is 130 Å². The summed E-state index contributed by atoms with van der Waals surface area (Å²) in [5.74, 6) is 6.24. The lowest BCUT2D eigenvalue weighted by molar-refractivity contribution is 0.0940. The average molecular weight is 566 g/mol. The molecule has 1 amide bonds. The molecule has 7 aromatic rings. The summed E-state index contributed by atoms with van der Waals surface area (Å²) in [6.07, 6.45) is 6.77. The molecule has 0 aliphatic rings. The molecule has 43 heavy (non-hydrogen) atoms. The predicted octanol–water partition coefficient (Wildman–Crippen LogP) is 3.55. The molecule has 5 heterocycles. The van der Waals surface area contributed by atoms with Crippen molar-refractivity contribution in [2.24, 2.45) is 0 Å². The van der Waals surface area contributed by atoms with E-state index in [0.29, 0.717) is 33.6 Å². The number of anilines is 1. The molecule has 0 aliphatic heterocycles. The highest BCUT2D eigenvalue weighted by molar-refractivity contribution is 6.04. The molecule has 0 saturated carbocycles. The van der Waals surface area contributed by atoms with E-state index in [9.17, 15) is 9.59 Å². The van der Waals surface area contributed by atoms with Crippen LogP contribution in [0.15, 0.2) is 102 Å². The first-order chi connectivity index (χ1) is 21.0. The largest absolute Gasteiger partial charge is 0.381 e. The molecular weight excluding hydrogens is 542 g/mol. The lowest BCUT2D eigenvalue weighted by atomic mass is 10.1. The van der Waals surface area contributed by atoms with Crippen LogP contribution in [0, 0.1) is 11.8 Å². The van der Waals surface area contributed by atoms with Crippen molar-refractivity contribution in [1.82, 2.24) is 39.1 Å². The summed E-state index contributed by atoms with van der Waals surface area (Å²) in [6, 6.07) is 21.3. The average Bonchev–Trinajstić information content (AvgIpc) is 3.60. The van der Waals surface area contributed by atoms with Gasteiger partial charge >= 0.3 is 0 Å². The molecule has 0 aliphatic carbocycles. The minimum Gasteiger partial charge on any atom is -0.381 e. The second kappa shape index (κ2) is 10.3. The van der Waals surface area contributed by atoms with Gasteiger partial charge in [-0.3, -0.25) is 14.2 Å². The van der Waals surface area contributed by atoms with Crippen molar-refractivity contribution in [1.29, 1.82) is 0 Å². The number of carbonyl (C=O) groups excluding carboxylic acids is 1. The molecule has 5 aromatic heterocycles. The van der Waals surface area contributed by atoms with Gasteiger partial charge in [-0.2, -0.15) is 5.10 Å². The highest BCUT2D eigenvalue weighted by Crippen LogP contribution is 2.22. The number of hydrogen-bond donors (Lipinski definition) is 2. The lowest BCUT2D eigenvalue weighted by Crippen LogP contribution is -2.33. The lowest BCUT2D eigenvalue weighted by Gasteiger charge is -2.20. The van der Waals surface area contributed by atoms with Gasteiger partial charge in [0.15, 0.2) is 11.5 Å². The van der Waals surface area contributed by atoms with E-state index < -0.39 is 11.9 Å². The molecular formula is C32H23N9O2. The molecule has 208 valence electrons. The maximum absolute atomic E-state index is 14.3. The van der Waals surface area contributed by atoms with E-state index in [0.717, 1.165) is 11.1 Å². The minimum atomic E-state index is -0.698. The molecule has 7 rings (SSSR count). The zero-order chi connectivity index (χ0) is 29.5. The van der Waals surface area contributed by atoms with E-state index in [1.54, 1.807) is 54.3 Å². The third-order valence-corrected chi connectivity index (χ3v) is 7.08. The Hall–Kier alpha value is -6.28. The number of aromatic nitrogens is 7. The van der Waals surface area contributed by atoms with E-state index in [2.05, 4.69) is 32.3 Å². The quantitative estimate of drug-likeness (QED) is 0.311. The molecule has 0 fully saturated rings. The Morgan fingerprint density at radius 3 is 2.58 bits per heavy atom. The van der Waals surface area contributed by atoms with Crippen LogP contribution in [0.2, 0.25) is 0 Å². The molecule has 0 spiro atoms. The van der Waals surface area contributed by atoms with Gasteiger partial charge in [-0.1, -0.05) is 42.2 Å². The van der Waals surface area contributed by atoms with E-state index in [4.69, 9.17) is 10.7 Å². The van der Waals surface area contributed by atoms with Crippen LogP contribution >= 0.6 is 0 Å². The number of fused-ring (bicyclic) bond motifs is 3. The number of nitrogens with two attached hydrogens (primary N) is 1. The van der Waals surface area contributed by atoms with Gasteiger partial charge in [-0.05, 0) is 49.4 Å². The van der Waals surface area contributed by atoms with Crippen molar-refractivity contribution in [2.45, 2.75) is 13.0 Å². The third-order valence-electron chi connectivity index (χ3n) is 7.08. The number of benzene rings is 2. The summed E-state index contributed by atoms with van der Waals surface area (Å²) in [5, 5.41) is 11.8. The molecule has 0 saturated heterocycles. The summed E-state index contributed by atoms with van der Waals surface area (Å²) in [6.45, 7) is 1.76. The number of nitrogens with zero attached hydrogens (tertiary/aromatic N) is 7. The van der Waals surface area contributed by atoms with Gasteiger partial charge in [0.05, 0.1) is 39.9 Å². The Kier molecular flexibility index (Phi) is 6.14. The van der Waals surface area contributed by atoms with Crippen LogP contribution in [0.25, 0.3) is 27.8 Å². The van der Waals surface area contributed by atoms with Crippen LogP contribution in [0.5, 0.6) is 0 Å². The zero-order valence-corrected chi connectivity index (χ0v) is 22.8. The van der Waals surface area contributed by atoms with Gasteiger partial charge in [-0.15, -0.1) is 5.10 Å². The van der Waals surface area contributed by atoms with Gasteiger partial charge < -0.3 is 11.1 Å². The van der Waals surface area contributed by atoms with Crippen molar-refractivity contribution in [3.63, 3.8) is 0 Å². The standard InChI is InChI=1S/C32H23N9O2/c1-20(36-31(42)27-28(33)38-40-18-8-16-34-30(27)40)29-37-24-12-7-9-21(14-15-22-19-35-39-17-6-5-13-25(22)39)26(24)32(43)41(29)23-10-3-2-4-11-23/h2-13,16-20H,1H3,(H2,33,38)(H,36,42). The van der Waals surface area contributed by atoms with E-state index in [-0.39, 0.29) is 16.9 Å². The Balaban J connectivity index is 1.35. The fraction of sp³-hybridized carbons (Fsp3) is 0.0625. The summed E-state index contributed by atoms with van der Waals surface area (Å²) in [7, 11) is 0. The highest BCUT2D eigenvalue weighted by Gasteiger charge is 2.24. The van der Waals surface area contributed by atoms with Crippen LogP contribution in [-0.4, -0.2) is 39.7 Å². The fourth-order valence-electron chi connectivity index (χ4n) is 5.09. The number of pyridine rings is 1. The fourth-order valence-corrected chi connectivity index (χ4v) is 5.09. The maximum atomic E-state index is 14.3.